The van der Waals surface area contributed by atoms with Gasteiger partial charge in [0.25, 0.3) is 0 Å². The van der Waals surface area contributed by atoms with Crippen molar-refractivity contribution >= 4 is 33.2 Å². The Hall–Kier alpha value is -1.62. The minimum absolute atomic E-state index is 0.262. The molecule has 0 atom stereocenters. The fraction of sp³-hybridized carbons (Fsp3) is 0.385. The average Bonchev–Trinajstić information content (AvgIpc) is 2.82. The minimum atomic E-state index is -0.715. The highest BCUT2D eigenvalue weighted by Gasteiger charge is 2.02. The summed E-state index contributed by atoms with van der Waals surface area (Å²) in [7, 11) is 0. The minimum Gasteiger partial charge on any atom is -0.481 e. The van der Waals surface area contributed by atoms with Gasteiger partial charge >= 0.3 is 5.97 Å². The molecule has 18 heavy (non-hydrogen) atoms. The number of hydrogen-bond acceptors (Lipinski definition) is 4. The maximum Gasteiger partial charge on any atom is 0.303 e. The molecule has 5 heteroatoms. The summed E-state index contributed by atoms with van der Waals surface area (Å²) in [6.07, 6.45) is 4.71. The molecular formula is C13H16N2O2S. The number of aromatic nitrogens is 1. The number of rotatable bonds is 7. The van der Waals surface area contributed by atoms with Crippen LogP contribution < -0.4 is 5.32 Å². The maximum atomic E-state index is 10.3. The number of thiophene rings is 1. The van der Waals surface area contributed by atoms with Crippen molar-refractivity contribution in [2.24, 2.45) is 0 Å². The van der Waals surface area contributed by atoms with E-state index in [2.05, 4.69) is 21.7 Å². The number of carbonyl (C=O) groups is 1. The third-order valence-corrected chi connectivity index (χ3v) is 3.62. The third-order valence-electron chi connectivity index (χ3n) is 2.74. The van der Waals surface area contributed by atoms with Crippen LogP contribution in [0.3, 0.4) is 0 Å². The van der Waals surface area contributed by atoms with Gasteiger partial charge in [0.05, 0.1) is 0 Å². The van der Waals surface area contributed by atoms with E-state index in [0.717, 1.165) is 37.0 Å². The Morgan fingerprint density at radius 2 is 2.22 bits per heavy atom. The molecule has 0 aromatic carbocycles. The number of unbranched alkanes of at least 4 members (excludes halogenated alkanes) is 2. The van der Waals surface area contributed by atoms with E-state index < -0.39 is 5.97 Å². The van der Waals surface area contributed by atoms with Crippen LogP contribution in [0.25, 0.3) is 10.1 Å². The summed E-state index contributed by atoms with van der Waals surface area (Å²) in [6, 6.07) is 4.08. The summed E-state index contributed by atoms with van der Waals surface area (Å²) >= 11 is 1.71. The molecule has 0 saturated heterocycles. The summed E-state index contributed by atoms with van der Waals surface area (Å²) < 4.78 is 1.23. The number of hydrogen-bond donors (Lipinski definition) is 2. The number of nitrogens with one attached hydrogen (secondary N) is 1. The van der Waals surface area contributed by atoms with Gasteiger partial charge in [-0.2, -0.15) is 0 Å². The molecule has 0 saturated carbocycles. The number of pyridine rings is 1. The van der Waals surface area contributed by atoms with E-state index in [4.69, 9.17) is 5.11 Å². The lowest BCUT2D eigenvalue weighted by Gasteiger charge is -2.06. The van der Waals surface area contributed by atoms with Crippen LogP contribution in [0.5, 0.6) is 0 Å². The van der Waals surface area contributed by atoms with Crippen molar-refractivity contribution in [3.8, 4) is 0 Å². The second-order valence-corrected chi connectivity index (χ2v) is 5.07. The topological polar surface area (TPSA) is 62.2 Å². The van der Waals surface area contributed by atoms with E-state index in [1.165, 1.54) is 4.70 Å². The SMILES string of the molecule is O=C(O)CCCCCNc1nccc2sccc12. The number of carboxylic acid groups (broad SMARTS) is 1. The van der Waals surface area contributed by atoms with Gasteiger partial charge in [-0.15, -0.1) is 11.3 Å². The molecule has 2 aromatic heterocycles. The predicted octanol–water partition coefficient (Wildman–Crippen LogP) is 3.35. The normalized spacial score (nSPS) is 10.7. The van der Waals surface area contributed by atoms with Crippen LogP contribution in [0.4, 0.5) is 5.82 Å². The molecule has 2 heterocycles. The van der Waals surface area contributed by atoms with Gasteiger partial charge in [-0.05, 0) is 30.4 Å². The first-order valence-corrected chi connectivity index (χ1v) is 6.93. The molecule has 2 N–H and O–H groups in total. The fourth-order valence-corrected chi connectivity index (χ4v) is 2.60. The summed E-state index contributed by atoms with van der Waals surface area (Å²) in [5.74, 6) is 0.208. The zero-order valence-electron chi connectivity index (χ0n) is 10.1. The second kappa shape index (κ2) is 6.35. The van der Waals surface area contributed by atoms with Gasteiger partial charge in [-0.25, -0.2) is 4.98 Å². The number of aliphatic carboxylic acids is 1. The van der Waals surface area contributed by atoms with Gasteiger partial charge in [0.15, 0.2) is 0 Å². The number of anilines is 1. The second-order valence-electron chi connectivity index (χ2n) is 4.12. The van der Waals surface area contributed by atoms with Crippen LogP contribution in [0.2, 0.25) is 0 Å². The van der Waals surface area contributed by atoms with Crippen LogP contribution in [0.15, 0.2) is 23.7 Å². The predicted molar refractivity (Wildman–Crippen MR) is 74.2 cm³/mol. The van der Waals surface area contributed by atoms with E-state index in [1.54, 1.807) is 11.3 Å². The molecule has 0 radical (unpaired) electrons. The van der Waals surface area contributed by atoms with Crippen molar-refractivity contribution in [2.45, 2.75) is 25.7 Å². The van der Waals surface area contributed by atoms with E-state index in [1.807, 2.05) is 12.3 Å². The molecular weight excluding hydrogens is 248 g/mol. The van der Waals surface area contributed by atoms with Gasteiger partial charge < -0.3 is 10.4 Å². The largest absolute Gasteiger partial charge is 0.481 e. The molecule has 0 aliphatic heterocycles. The first-order chi connectivity index (χ1) is 8.77. The molecule has 2 rings (SSSR count). The summed E-state index contributed by atoms with van der Waals surface area (Å²) in [5, 5.41) is 15.0. The zero-order valence-corrected chi connectivity index (χ0v) is 10.9. The summed E-state index contributed by atoms with van der Waals surface area (Å²) in [5.41, 5.74) is 0. The highest BCUT2D eigenvalue weighted by atomic mass is 32.1. The van der Waals surface area contributed by atoms with E-state index in [-0.39, 0.29) is 6.42 Å². The van der Waals surface area contributed by atoms with E-state index in [0.29, 0.717) is 0 Å². The van der Waals surface area contributed by atoms with Crippen LogP contribution in [-0.4, -0.2) is 22.6 Å². The first kappa shape index (κ1) is 12.8. The molecule has 0 spiro atoms. The van der Waals surface area contributed by atoms with Gasteiger partial charge in [-0.3, -0.25) is 4.79 Å². The smallest absolute Gasteiger partial charge is 0.303 e. The summed E-state index contributed by atoms with van der Waals surface area (Å²) in [4.78, 5) is 14.7. The molecule has 0 unspecified atom stereocenters. The standard InChI is InChI=1S/C13H16N2O2S/c16-12(17)4-2-1-3-7-14-13-10-6-9-18-11(10)5-8-15-13/h5-6,8-9H,1-4,7H2,(H,14,15)(H,16,17). The van der Waals surface area contributed by atoms with E-state index >= 15 is 0 Å². The molecule has 0 amide bonds. The molecule has 0 fully saturated rings. The highest BCUT2D eigenvalue weighted by molar-refractivity contribution is 7.17. The lowest BCUT2D eigenvalue weighted by Crippen LogP contribution is -2.03. The van der Waals surface area contributed by atoms with Crippen molar-refractivity contribution in [2.75, 3.05) is 11.9 Å². The zero-order chi connectivity index (χ0) is 12.8. The quantitative estimate of drug-likeness (QED) is 0.753. The third kappa shape index (κ3) is 3.43. The molecule has 0 bridgehead atoms. The lowest BCUT2D eigenvalue weighted by molar-refractivity contribution is -0.137. The van der Waals surface area contributed by atoms with E-state index in [9.17, 15) is 4.79 Å². The Morgan fingerprint density at radius 3 is 3.06 bits per heavy atom. The Morgan fingerprint density at radius 1 is 1.33 bits per heavy atom. The Labute approximate surface area is 110 Å². The maximum absolute atomic E-state index is 10.3. The number of carboxylic acids is 1. The molecule has 96 valence electrons. The van der Waals surface area contributed by atoms with Gasteiger partial charge in [0.2, 0.25) is 0 Å². The first-order valence-electron chi connectivity index (χ1n) is 6.05. The van der Waals surface area contributed by atoms with Crippen LogP contribution in [-0.2, 0) is 4.79 Å². The Bertz CT molecular complexity index is 524. The van der Waals surface area contributed by atoms with Crippen molar-refractivity contribution < 1.29 is 9.90 Å². The number of fused-ring (bicyclic) bond motifs is 1. The highest BCUT2D eigenvalue weighted by Crippen LogP contribution is 2.25. The Kier molecular flexibility index (Phi) is 4.52. The average molecular weight is 264 g/mol. The van der Waals surface area contributed by atoms with Crippen LogP contribution in [0, 0.1) is 0 Å². The monoisotopic (exact) mass is 264 g/mol. The lowest BCUT2D eigenvalue weighted by atomic mass is 10.2. The molecule has 0 aliphatic rings. The van der Waals surface area contributed by atoms with Crippen molar-refractivity contribution in [3.05, 3.63) is 23.7 Å². The molecule has 2 aromatic rings. The van der Waals surface area contributed by atoms with Crippen molar-refractivity contribution in [3.63, 3.8) is 0 Å². The van der Waals surface area contributed by atoms with Crippen LogP contribution >= 0.6 is 11.3 Å². The molecule has 0 aliphatic carbocycles. The van der Waals surface area contributed by atoms with Gasteiger partial charge in [0.1, 0.15) is 5.82 Å². The fourth-order valence-electron chi connectivity index (χ4n) is 1.82. The van der Waals surface area contributed by atoms with Crippen LogP contribution in [0.1, 0.15) is 25.7 Å². The van der Waals surface area contributed by atoms with Gasteiger partial charge in [0, 0.05) is 29.2 Å². The molecule has 4 nitrogen and oxygen atoms in total. The Balaban J connectivity index is 1.76. The summed E-state index contributed by atoms with van der Waals surface area (Å²) in [6.45, 7) is 0.835. The van der Waals surface area contributed by atoms with Crippen molar-refractivity contribution in [1.29, 1.82) is 0 Å². The van der Waals surface area contributed by atoms with Gasteiger partial charge in [-0.1, -0.05) is 6.42 Å². The number of nitrogens with zero attached hydrogens (tertiary/aromatic N) is 1. The van der Waals surface area contributed by atoms with Crippen molar-refractivity contribution in [1.82, 2.24) is 4.98 Å².